The Kier molecular flexibility index (Phi) is 14.8. The van der Waals surface area contributed by atoms with Crippen LogP contribution in [0.3, 0.4) is 0 Å². The van der Waals surface area contributed by atoms with Gasteiger partial charge >= 0.3 is 0 Å². The van der Waals surface area contributed by atoms with Gasteiger partial charge < -0.3 is 9.84 Å². The van der Waals surface area contributed by atoms with Crippen molar-refractivity contribution in [2.24, 2.45) is 5.92 Å². The Hall–Kier alpha value is 0.210. The number of unbranched alkanes of at least 4 members (excludes halogenated alkanes) is 7. The maximum Gasteiger partial charge on any atom is 0.0908 e. The Morgan fingerprint density at radius 3 is 1.95 bits per heavy atom. The zero-order valence-corrected chi connectivity index (χ0v) is 13.6. The summed E-state index contributed by atoms with van der Waals surface area (Å²) in [4.78, 5) is 0. The Balaban J connectivity index is 2.99. The topological polar surface area (TPSA) is 29.5 Å². The van der Waals surface area contributed by atoms with Crippen molar-refractivity contribution in [3.05, 3.63) is 0 Å². The van der Waals surface area contributed by atoms with Gasteiger partial charge in [0.05, 0.1) is 18.6 Å². The predicted molar refractivity (Wildman–Crippen MR) is 83.9 cm³/mol. The molecule has 1 atom stereocenters. The Labute approximate surface area is 124 Å². The summed E-state index contributed by atoms with van der Waals surface area (Å²) in [6.07, 6.45) is 11.4. The van der Waals surface area contributed by atoms with Gasteiger partial charge in [0.25, 0.3) is 0 Å². The SMILES string of the molecule is CC(C)CCCCCCCCCCOCC(O)CCl. The maximum absolute atomic E-state index is 9.18. The predicted octanol–water partition coefficient (Wildman–Crippen LogP) is 4.77. The van der Waals surface area contributed by atoms with Crippen molar-refractivity contribution in [2.75, 3.05) is 19.1 Å². The third kappa shape index (κ3) is 16.2. The van der Waals surface area contributed by atoms with Crippen LogP contribution in [0.15, 0.2) is 0 Å². The Bertz CT molecular complexity index is 174. The lowest BCUT2D eigenvalue weighted by atomic mass is 10.0. The summed E-state index contributed by atoms with van der Waals surface area (Å²) in [7, 11) is 0. The standard InChI is InChI=1S/C16H33ClO2/c1-15(2)11-9-7-5-3-4-6-8-10-12-19-14-16(18)13-17/h15-16,18H,3-14H2,1-2H3. The largest absolute Gasteiger partial charge is 0.389 e. The van der Waals surface area contributed by atoms with Crippen LogP contribution in [0.5, 0.6) is 0 Å². The van der Waals surface area contributed by atoms with Crippen LogP contribution >= 0.6 is 11.6 Å². The fourth-order valence-corrected chi connectivity index (χ4v) is 2.17. The molecule has 0 aromatic carbocycles. The molecule has 0 radical (unpaired) electrons. The molecule has 1 unspecified atom stereocenters. The average molecular weight is 293 g/mol. The third-order valence-electron chi connectivity index (χ3n) is 3.31. The molecule has 0 aliphatic carbocycles. The second kappa shape index (κ2) is 14.6. The lowest BCUT2D eigenvalue weighted by Crippen LogP contribution is -2.17. The van der Waals surface area contributed by atoms with E-state index < -0.39 is 6.10 Å². The minimum Gasteiger partial charge on any atom is -0.389 e. The van der Waals surface area contributed by atoms with E-state index in [9.17, 15) is 5.11 Å². The normalized spacial score (nSPS) is 13.1. The van der Waals surface area contributed by atoms with Crippen molar-refractivity contribution in [2.45, 2.75) is 77.7 Å². The second-order valence-corrected chi connectivity index (χ2v) is 6.20. The molecule has 0 saturated carbocycles. The molecule has 0 aromatic heterocycles. The van der Waals surface area contributed by atoms with Crippen LogP contribution in [-0.2, 0) is 4.74 Å². The van der Waals surface area contributed by atoms with E-state index in [0.29, 0.717) is 6.61 Å². The first-order chi connectivity index (χ1) is 9.16. The fraction of sp³-hybridized carbons (Fsp3) is 1.00. The van der Waals surface area contributed by atoms with Crippen LogP contribution in [0.4, 0.5) is 0 Å². The van der Waals surface area contributed by atoms with Gasteiger partial charge in [0.15, 0.2) is 0 Å². The first-order valence-electron chi connectivity index (χ1n) is 7.98. The van der Waals surface area contributed by atoms with E-state index in [2.05, 4.69) is 13.8 Å². The van der Waals surface area contributed by atoms with E-state index in [-0.39, 0.29) is 5.88 Å². The summed E-state index contributed by atoms with van der Waals surface area (Å²) in [6, 6.07) is 0. The number of ether oxygens (including phenoxy) is 1. The molecule has 0 rings (SSSR count). The van der Waals surface area contributed by atoms with Gasteiger partial charge in [0, 0.05) is 6.61 Å². The van der Waals surface area contributed by atoms with Crippen LogP contribution in [0.2, 0.25) is 0 Å². The first-order valence-corrected chi connectivity index (χ1v) is 8.52. The molecule has 116 valence electrons. The van der Waals surface area contributed by atoms with Gasteiger partial charge in [-0.1, -0.05) is 65.2 Å². The molecule has 0 aromatic rings. The number of alkyl halides is 1. The molecule has 19 heavy (non-hydrogen) atoms. The van der Waals surface area contributed by atoms with Crippen LogP contribution in [0.1, 0.15) is 71.6 Å². The summed E-state index contributed by atoms with van der Waals surface area (Å²) in [5.74, 6) is 1.12. The molecule has 0 amide bonds. The highest BCUT2D eigenvalue weighted by molar-refractivity contribution is 6.18. The van der Waals surface area contributed by atoms with Gasteiger partial charge in [0.1, 0.15) is 0 Å². The molecule has 0 aliphatic rings. The maximum atomic E-state index is 9.18. The number of aliphatic hydroxyl groups is 1. The fourth-order valence-electron chi connectivity index (χ4n) is 2.08. The van der Waals surface area contributed by atoms with E-state index in [0.717, 1.165) is 18.9 Å². The highest BCUT2D eigenvalue weighted by atomic mass is 35.5. The molecule has 0 spiro atoms. The van der Waals surface area contributed by atoms with Crippen LogP contribution in [-0.4, -0.2) is 30.3 Å². The monoisotopic (exact) mass is 292 g/mol. The van der Waals surface area contributed by atoms with Crippen LogP contribution in [0, 0.1) is 5.92 Å². The summed E-state index contributed by atoms with van der Waals surface area (Å²) >= 11 is 5.47. The minimum absolute atomic E-state index is 0.261. The zero-order chi connectivity index (χ0) is 14.3. The number of rotatable bonds is 14. The van der Waals surface area contributed by atoms with E-state index >= 15 is 0 Å². The summed E-state index contributed by atoms with van der Waals surface area (Å²) in [6.45, 7) is 5.73. The van der Waals surface area contributed by atoms with Gasteiger partial charge in [0.2, 0.25) is 0 Å². The first kappa shape index (κ1) is 19.2. The molecule has 1 N–H and O–H groups in total. The highest BCUT2D eigenvalue weighted by Gasteiger charge is 2.00. The van der Waals surface area contributed by atoms with E-state index in [1.807, 2.05) is 0 Å². The minimum atomic E-state index is -0.507. The number of halogens is 1. The Morgan fingerprint density at radius 1 is 0.895 bits per heavy atom. The van der Waals surface area contributed by atoms with Crippen molar-refractivity contribution in [1.29, 1.82) is 0 Å². The average Bonchev–Trinajstić information content (AvgIpc) is 2.39. The second-order valence-electron chi connectivity index (χ2n) is 5.89. The molecule has 0 saturated heterocycles. The number of hydrogen-bond donors (Lipinski definition) is 1. The lowest BCUT2D eigenvalue weighted by molar-refractivity contribution is 0.0461. The van der Waals surface area contributed by atoms with Crippen molar-refractivity contribution in [1.82, 2.24) is 0 Å². The lowest BCUT2D eigenvalue weighted by Gasteiger charge is -2.07. The Morgan fingerprint density at radius 2 is 1.42 bits per heavy atom. The molecule has 0 aliphatic heterocycles. The molecule has 0 fully saturated rings. The molecule has 0 bridgehead atoms. The molecular weight excluding hydrogens is 260 g/mol. The van der Waals surface area contributed by atoms with Gasteiger partial charge in [-0.2, -0.15) is 0 Å². The zero-order valence-electron chi connectivity index (χ0n) is 12.9. The van der Waals surface area contributed by atoms with E-state index in [1.165, 1.54) is 51.4 Å². The summed E-state index contributed by atoms with van der Waals surface area (Å²) in [5.41, 5.74) is 0. The van der Waals surface area contributed by atoms with E-state index in [1.54, 1.807) is 0 Å². The van der Waals surface area contributed by atoms with Gasteiger partial charge in [-0.05, 0) is 12.3 Å². The number of aliphatic hydroxyl groups excluding tert-OH is 1. The summed E-state index contributed by atoms with van der Waals surface area (Å²) < 4.78 is 5.33. The third-order valence-corrected chi connectivity index (χ3v) is 3.66. The molecule has 0 heterocycles. The smallest absolute Gasteiger partial charge is 0.0908 e. The number of hydrogen-bond acceptors (Lipinski definition) is 2. The van der Waals surface area contributed by atoms with Gasteiger partial charge in [-0.3, -0.25) is 0 Å². The highest BCUT2D eigenvalue weighted by Crippen LogP contribution is 2.12. The van der Waals surface area contributed by atoms with Crippen molar-refractivity contribution < 1.29 is 9.84 Å². The van der Waals surface area contributed by atoms with Crippen molar-refractivity contribution in [3.8, 4) is 0 Å². The van der Waals surface area contributed by atoms with Crippen LogP contribution in [0.25, 0.3) is 0 Å². The summed E-state index contributed by atoms with van der Waals surface area (Å²) in [5, 5.41) is 9.18. The molecule has 2 nitrogen and oxygen atoms in total. The van der Waals surface area contributed by atoms with Crippen molar-refractivity contribution >= 4 is 11.6 Å². The molecule has 3 heteroatoms. The quantitative estimate of drug-likeness (QED) is 0.369. The van der Waals surface area contributed by atoms with E-state index in [4.69, 9.17) is 16.3 Å². The van der Waals surface area contributed by atoms with Crippen LogP contribution < -0.4 is 0 Å². The van der Waals surface area contributed by atoms with Crippen molar-refractivity contribution in [3.63, 3.8) is 0 Å². The molecular formula is C16H33ClO2. The van der Waals surface area contributed by atoms with Gasteiger partial charge in [-0.15, -0.1) is 11.6 Å². The van der Waals surface area contributed by atoms with Gasteiger partial charge in [-0.25, -0.2) is 0 Å².